The minimum absolute atomic E-state index is 0.615. The fourth-order valence-corrected chi connectivity index (χ4v) is 3.40. The van der Waals surface area contributed by atoms with E-state index in [4.69, 9.17) is 0 Å². The van der Waals surface area contributed by atoms with Gasteiger partial charge in [0, 0.05) is 23.3 Å². The molecule has 4 rings (SSSR count). The average molecular weight is 333 g/mol. The van der Waals surface area contributed by atoms with Crippen LogP contribution in [0.4, 0.5) is 5.82 Å². The molecule has 0 aromatic carbocycles. The van der Waals surface area contributed by atoms with Crippen molar-refractivity contribution < 1.29 is 0 Å². The molecule has 0 aliphatic rings. The van der Waals surface area contributed by atoms with Gasteiger partial charge >= 0.3 is 0 Å². The molecule has 0 aliphatic heterocycles. The van der Waals surface area contributed by atoms with Crippen LogP contribution in [0, 0.1) is 6.92 Å². The van der Waals surface area contributed by atoms with Gasteiger partial charge in [-0.1, -0.05) is 12.1 Å². The van der Waals surface area contributed by atoms with Crippen molar-refractivity contribution in [1.82, 2.24) is 19.9 Å². The Labute approximate surface area is 143 Å². The highest BCUT2D eigenvalue weighted by Crippen LogP contribution is 2.35. The lowest BCUT2D eigenvalue weighted by Crippen LogP contribution is -2.03. The predicted molar refractivity (Wildman–Crippen MR) is 96.9 cm³/mol. The van der Waals surface area contributed by atoms with Crippen LogP contribution in [-0.4, -0.2) is 19.9 Å². The molecule has 0 spiro atoms. The summed E-state index contributed by atoms with van der Waals surface area (Å²) in [6, 6.07) is 9.97. The van der Waals surface area contributed by atoms with E-state index in [2.05, 4.69) is 36.7 Å². The fraction of sp³-hybridized carbons (Fsp3) is 0.111. The lowest BCUT2D eigenvalue weighted by atomic mass is 10.1. The van der Waals surface area contributed by atoms with Gasteiger partial charge in [-0.3, -0.25) is 9.97 Å². The molecular formula is C18H15N5S. The smallest absolute Gasteiger partial charge is 0.139 e. The molecule has 0 amide bonds. The van der Waals surface area contributed by atoms with E-state index < -0.39 is 0 Å². The van der Waals surface area contributed by atoms with E-state index in [1.807, 2.05) is 37.4 Å². The highest BCUT2D eigenvalue weighted by atomic mass is 32.1. The van der Waals surface area contributed by atoms with Gasteiger partial charge in [-0.05, 0) is 30.7 Å². The molecule has 0 bridgehead atoms. The highest BCUT2D eigenvalue weighted by Gasteiger charge is 2.13. The van der Waals surface area contributed by atoms with Gasteiger partial charge in [-0.2, -0.15) is 0 Å². The molecule has 0 saturated heterocycles. The minimum atomic E-state index is 0.615. The van der Waals surface area contributed by atoms with Gasteiger partial charge in [0.1, 0.15) is 17.0 Å². The van der Waals surface area contributed by atoms with Gasteiger partial charge < -0.3 is 5.32 Å². The monoisotopic (exact) mass is 333 g/mol. The number of hydrogen-bond donors (Lipinski definition) is 1. The van der Waals surface area contributed by atoms with Crippen molar-refractivity contribution in [2.45, 2.75) is 13.5 Å². The summed E-state index contributed by atoms with van der Waals surface area (Å²) in [5, 5.41) is 6.47. The molecule has 0 atom stereocenters. The normalized spacial score (nSPS) is 10.9. The van der Waals surface area contributed by atoms with E-state index in [-0.39, 0.29) is 0 Å². The first-order chi connectivity index (χ1) is 11.8. The summed E-state index contributed by atoms with van der Waals surface area (Å²) in [6.45, 7) is 2.65. The second kappa shape index (κ2) is 6.33. The van der Waals surface area contributed by atoms with Crippen LogP contribution in [0.2, 0.25) is 0 Å². The number of aryl methyl sites for hydroxylation is 1. The maximum absolute atomic E-state index is 4.54. The molecule has 0 fully saturated rings. The van der Waals surface area contributed by atoms with Crippen molar-refractivity contribution >= 4 is 27.4 Å². The Morgan fingerprint density at radius 3 is 2.79 bits per heavy atom. The number of nitrogens with zero attached hydrogens (tertiary/aromatic N) is 4. The quantitative estimate of drug-likeness (QED) is 0.610. The Kier molecular flexibility index (Phi) is 3.88. The van der Waals surface area contributed by atoms with Crippen LogP contribution >= 0.6 is 11.3 Å². The highest BCUT2D eigenvalue weighted by molar-refractivity contribution is 7.17. The summed E-state index contributed by atoms with van der Waals surface area (Å²) in [5.41, 5.74) is 4.10. The predicted octanol–water partition coefficient (Wildman–Crippen LogP) is 4.07. The Hall–Kier alpha value is -2.86. The third kappa shape index (κ3) is 2.83. The van der Waals surface area contributed by atoms with E-state index in [1.54, 1.807) is 23.9 Å². The zero-order chi connectivity index (χ0) is 16.4. The third-order valence-electron chi connectivity index (χ3n) is 3.72. The van der Waals surface area contributed by atoms with Crippen molar-refractivity contribution in [1.29, 1.82) is 0 Å². The zero-order valence-corrected chi connectivity index (χ0v) is 13.9. The number of thiophene rings is 1. The number of aromatic nitrogens is 4. The molecule has 0 saturated carbocycles. The lowest BCUT2D eigenvalue weighted by Gasteiger charge is -2.08. The maximum Gasteiger partial charge on any atom is 0.139 e. The largest absolute Gasteiger partial charge is 0.364 e. The van der Waals surface area contributed by atoms with E-state index >= 15 is 0 Å². The van der Waals surface area contributed by atoms with Crippen molar-refractivity contribution in [3.8, 4) is 11.3 Å². The van der Waals surface area contributed by atoms with Gasteiger partial charge in [-0.15, -0.1) is 11.3 Å². The topological polar surface area (TPSA) is 63.6 Å². The molecule has 1 N–H and O–H groups in total. The maximum atomic E-state index is 4.54. The number of anilines is 1. The Morgan fingerprint density at radius 2 is 2.00 bits per heavy atom. The van der Waals surface area contributed by atoms with E-state index in [9.17, 15) is 0 Å². The molecule has 4 heterocycles. The summed E-state index contributed by atoms with van der Waals surface area (Å²) >= 11 is 1.60. The first-order valence-electron chi connectivity index (χ1n) is 7.60. The minimum Gasteiger partial charge on any atom is -0.364 e. The van der Waals surface area contributed by atoms with Crippen LogP contribution in [0.1, 0.15) is 11.3 Å². The Bertz CT molecular complexity index is 964. The summed E-state index contributed by atoms with van der Waals surface area (Å²) < 4.78 is 0. The second-order valence-electron chi connectivity index (χ2n) is 5.45. The molecule has 24 heavy (non-hydrogen) atoms. The van der Waals surface area contributed by atoms with Gasteiger partial charge in [0.15, 0.2) is 0 Å². The van der Waals surface area contributed by atoms with Crippen LogP contribution in [-0.2, 0) is 6.54 Å². The Morgan fingerprint density at radius 1 is 1.04 bits per heavy atom. The molecule has 0 radical (unpaired) electrons. The molecular weight excluding hydrogens is 318 g/mol. The number of nitrogens with one attached hydrogen (secondary N) is 1. The molecule has 6 heteroatoms. The molecule has 4 aromatic rings. The average Bonchev–Trinajstić information content (AvgIpc) is 3.06. The third-order valence-corrected chi connectivity index (χ3v) is 4.61. The summed E-state index contributed by atoms with van der Waals surface area (Å²) in [5.74, 6) is 0.810. The summed E-state index contributed by atoms with van der Waals surface area (Å²) in [7, 11) is 0. The summed E-state index contributed by atoms with van der Waals surface area (Å²) in [4.78, 5) is 18.6. The van der Waals surface area contributed by atoms with Gasteiger partial charge in [-0.25, -0.2) is 9.97 Å². The van der Waals surface area contributed by atoms with Crippen LogP contribution in [0.3, 0.4) is 0 Å². The molecule has 0 aliphatic carbocycles. The van der Waals surface area contributed by atoms with Crippen LogP contribution < -0.4 is 5.32 Å². The summed E-state index contributed by atoms with van der Waals surface area (Å²) in [6.07, 6.45) is 5.26. The van der Waals surface area contributed by atoms with Crippen molar-refractivity contribution in [3.63, 3.8) is 0 Å². The van der Waals surface area contributed by atoms with E-state index in [0.29, 0.717) is 6.54 Å². The van der Waals surface area contributed by atoms with Crippen LogP contribution in [0.5, 0.6) is 0 Å². The van der Waals surface area contributed by atoms with Crippen molar-refractivity contribution in [2.75, 3.05) is 5.32 Å². The molecule has 4 aromatic heterocycles. The molecule has 118 valence electrons. The van der Waals surface area contributed by atoms with Crippen LogP contribution in [0.15, 0.2) is 54.4 Å². The molecule has 0 unspecified atom stereocenters. The van der Waals surface area contributed by atoms with Crippen LogP contribution in [0.25, 0.3) is 21.5 Å². The van der Waals surface area contributed by atoms with E-state index in [0.717, 1.165) is 38.5 Å². The van der Waals surface area contributed by atoms with Gasteiger partial charge in [0.2, 0.25) is 0 Å². The Balaban J connectivity index is 1.73. The number of hydrogen-bond acceptors (Lipinski definition) is 6. The van der Waals surface area contributed by atoms with Crippen molar-refractivity contribution in [2.24, 2.45) is 0 Å². The number of rotatable bonds is 4. The SMILES string of the molecule is Cc1ccc(-c2csc3ncnc(NCc4ccccn4)c23)nc1. The molecule has 5 nitrogen and oxygen atoms in total. The van der Waals surface area contributed by atoms with Gasteiger partial charge in [0.05, 0.1) is 23.3 Å². The zero-order valence-electron chi connectivity index (χ0n) is 13.1. The number of fused-ring (bicyclic) bond motifs is 1. The standard InChI is InChI=1S/C18H15N5S/c1-12-5-6-15(20-8-12)14-10-24-18-16(14)17(22-11-23-18)21-9-13-4-2-3-7-19-13/h2-8,10-11H,9H2,1H3,(H,21,22,23). The first-order valence-corrected chi connectivity index (χ1v) is 8.48. The lowest BCUT2D eigenvalue weighted by molar-refractivity contribution is 1.03. The fourth-order valence-electron chi connectivity index (χ4n) is 2.50. The number of pyridine rings is 2. The second-order valence-corrected chi connectivity index (χ2v) is 6.31. The van der Waals surface area contributed by atoms with Crippen molar-refractivity contribution in [3.05, 3.63) is 65.7 Å². The van der Waals surface area contributed by atoms with Gasteiger partial charge in [0.25, 0.3) is 0 Å². The van der Waals surface area contributed by atoms with E-state index in [1.165, 1.54) is 0 Å². The first kappa shape index (κ1) is 14.7.